The molecule has 0 radical (unpaired) electrons. The first-order chi connectivity index (χ1) is 14.9. The fourth-order valence-electron chi connectivity index (χ4n) is 3.64. The molecule has 1 fully saturated rings. The maximum atomic E-state index is 12.8. The van der Waals surface area contributed by atoms with E-state index in [0.717, 1.165) is 29.2 Å². The molecule has 31 heavy (non-hydrogen) atoms. The Hall–Kier alpha value is -3.04. The van der Waals surface area contributed by atoms with Gasteiger partial charge in [-0.05, 0) is 39.0 Å². The number of pyridine rings is 1. The Morgan fingerprint density at radius 1 is 1.10 bits per heavy atom. The Morgan fingerprint density at radius 2 is 1.87 bits per heavy atom. The Labute approximate surface area is 182 Å². The number of hydrogen-bond donors (Lipinski definition) is 1. The van der Waals surface area contributed by atoms with Gasteiger partial charge in [-0.15, -0.1) is 0 Å². The van der Waals surface area contributed by atoms with Gasteiger partial charge in [0.25, 0.3) is 10.0 Å². The highest BCUT2D eigenvalue weighted by Gasteiger charge is 2.25. The summed E-state index contributed by atoms with van der Waals surface area (Å²) in [6.07, 6.45) is 3.28. The number of hydrogen-bond acceptors (Lipinski definition) is 7. The number of sulfonamides is 1. The number of ether oxygens (including phenoxy) is 1. The van der Waals surface area contributed by atoms with Crippen LogP contribution in [0, 0.1) is 13.8 Å². The zero-order chi connectivity index (χ0) is 22.0. The monoisotopic (exact) mass is 439 g/mol. The minimum Gasteiger partial charge on any atom is -0.377 e. The molecule has 3 aromatic rings. The number of aryl methyl sites for hydroxylation is 2. The van der Waals surface area contributed by atoms with Gasteiger partial charge in [-0.2, -0.15) is 0 Å². The molecule has 1 aromatic carbocycles. The fraction of sp³-hybridized carbons (Fsp3) is 0.318. The molecule has 0 saturated carbocycles. The Kier molecular flexibility index (Phi) is 5.88. The molecule has 1 aliphatic heterocycles. The third-order valence-electron chi connectivity index (χ3n) is 5.33. The van der Waals surface area contributed by atoms with Crippen LogP contribution in [-0.4, -0.2) is 49.2 Å². The van der Waals surface area contributed by atoms with Crippen LogP contribution in [0.15, 0.2) is 53.8 Å². The Balaban J connectivity index is 1.76. The smallest absolute Gasteiger partial charge is 0.261 e. The lowest BCUT2D eigenvalue weighted by Crippen LogP contribution is -2.44. The molecule has 2 aromatic heterocycles. The highest BCUT2D eigenvalue weighted by atomic mass is 32.2. The topological polar surface area (TPSA) is 97.3 Å². The summed E-state index contributed by atoms with van der Waals surface area (Å²) in [5, 5.41) is 0. The molecule has 9 heteroatoms. The summed E-state index contributed by atoms with van der Waals surface area (Å²) in [6, 6.07) is 10.2. The van der Waals surface area contributed by atoms with Crippen LogP contribution in [0.3, 0.4) is 0 Å². The van der Waals surface area contributed by atoms with Crippen molar-refractivity contribution in [3.8, 4) is 11.1 Å². The van der Waals surface area contributed by atoms with Gasteiger partial charge in [0.15, 0.2) is 0 Å². The molecular weight excluding hydrogens is 414 g/mol. The minimum atomic E-state index is -3.73. The van der Waals surface area contributed by atoms with Crippen molar-refractivity contribution in [1.82, 2.24) is 15.0 Å². The van der Waals surface area contributed by atoms with Crippen LogP contribution in [0.2, 0.25) is 0 Å². The molecule has 0 spiro atoms. The van der Waals surface area contributed by atoms with E-state index in [1.807, 2.05) is 6.92 Å². The van der Waals surface area contributed by atoms with Gasteiger partial charge in [0, 0.05) is 23.9 Å². The van der Waals surface area contributed by atoms with Gasteiger partial charge in [-0.1, -0.05) is 18.2 Å². The van der Waals surface area contributed by atoms with Crippen LogP contribution in [0.25, 0.3) is 11.1 Å². The van der Waals surface area contributed by atoms with E-state index in [4.69, 9.17) is 4.74 Å². The lowest BCUT2D eigenvalue weighted by molar-refractivity contribution is 0.0986. The van der Waals surface area contributed by atoms with Gasteiger partial charge in [0.05, 0.1) is 41.2 Å². The first kappa shape index (κ1) is 21.2. The molecule has 162 valence electrons. The summed E-state index contributed by atoms with van der Waals surface area (Å²) < 4.78 is 33.9. The quantitative estimate of drug-likeness (QED) is 0.652. The van der Waals surface area contributed by atoms with Gasteiger partial charge in [0.2, 0.25) is 0 Å². The van der Waals surface area contributed by atoms with E-state index in [1.54, 1.807) is 55.8 Å². The number of benzene rings is 1. The summed E-state index contributed by atoms with van der Waals surface area (Å²) in [5.41, 5.74) is 3.39. The minimum absolute atomic E-state index is 0.163. The number of nitrogens with one attached hydrogen (secondary N) is 1. The van der Waals surface area contributed by atoms with E-state index < -0.39 is 10.0 Å². The molecule has 0 bridgehead atoms. The SMILES string of the molecule is Cc1ncc(-c2c(C)ncnc2N2CCOC[C@@H]2C)cc1NS(=O)(=O)c1ccccc1. The van der Waals surface area contributed by atoms with E-state index in [1.165, 1.54) is 0 Å². The van der Waals surface area contributed by atoms with Gasteiger partial charge in [0.1, 0.15) is 12.1 Å². The van der Waals surface area contributed by atoms with Crippen molar-refractivity contribution in [2.45, 2.75) is 31.7 Å². The number of aromatic nitrogens is 3. The van der Waals surface area contributed by atoms with E-state index in [0.29, 0.717) is 24.6 Å². The molecular formula is C22H25N5O3S. The average molecular weight is 440 g/mol. The van der Waals surface area contributed by atoms with Crippen molar-refractivity contribution in [1.29, 1.82) is 0 Å². The van der Waals surface area contributed by atoms with Crippen molar-refractivity contribution >= 4 is 21.5 Å². The molecule has 0 aliphatic carbocycles. The number of anilines is 2. The predicted molar refractivity (Wildman–Crippen MR) is 120 cm³/mol. The molecule has 3 heterocycles. The normalized spacial score (nSPS) is 16.9. The van der Waals surface area contributed by atoms with Crippen molar-refractivity contribution in [2.24, 2.45) is 0 Å². The molecule has 8 nitrogen and oxygen atoms in total. The van der Waals surface area contributed by atoms with Crippen LogP contribution >= 0.6 is 0 Å². The second-order valence-corrected chi connectivity index (χ2v) is 9.23. The van der Waals surface area contributed by atoms with Gasteiger partial charge in [-0.25, -0.2) is 18.4 Å². The molecule has 1 atom stereocenters. The zero-order valence-corrected chi connectivity index (χ0v) is 18.6. The summed E-state index contributed by atoms with van der Waals surface area (Å²) >= 11 is 0. The van der Waals surface area contributed by atoms with E-state index in [9.17, 15) is 8.42 Å². The summed E-state index contributed by atoms with van der Waals surface area (Å²) in [4.78, 5) is 15.8. The third-order valence-corrected chi connectivity index (χ3v) is 6.71. The molecule has 0 amide bonds. The lowest BCUT2D eigenvalue weighted by Gasteiger charge is -2.35. The van der Waals surface area contributed by atoms with Crippen molar-refractivity contribution in [2.75, 3.05) is 29.4 Å². The predicted octanol–water partition coefficient (Wildman–Crippen LogP) is 3.18. The molecule has 0 unspecified atom stereocenters. The third kappa shape index (κ3) is 4.38. The highest BCUT2D eigenvalue weighted by molar-refractivity contribution is 7.92. The van der Waals surface area contributed by atoms with E-state index >= 15 is 0 Å². The van der Waals surface area contributed by atoms with Crippen molar-refractivity contribution < 1.29 is 13.2 Å². The van der Waals surface area contributed by atoms with Crippen LogP contribution in [0.4, 0.5) is 11.5 Å². The summed E-state index contributed by atoms with van der Waals surface area (Å²) in [7, 11) is -3.73. The average Bonchev–Trinajstić information content (AvgIpc) is 2.76. The zero-order valence-electron chi connectivity index (χ0n) is 17.7. The second-order valence-electron chi connectivity index (χ2n) is 7.55. The summed E-state index contributed by atoms with van der Waals surface area (Å²) in [5.74, 6) is 0.797. The standard InChI is InChI=1S/C22H25N5O3S/c1-15-13-30-10-9-27(15)22-21(17(3)24-14-25-22)18-11-20(16(2)23-12-18)26-31(28,29)19-7-5-4-6-8-19/h4-8,11-12,14-15,26H,9-10,13H2,1-3H3/t15-/m0/s1. The van der Waals surface area contributed by atoms with Crippen LogP contribution in [0.1, 0.15) is 18.3 Å². The Bertz CT molecular complexity index is 1190. The maximum Gasteiger partial charge on any atom is 0.261 e. The Morgan fingerprint density at radius 3 is 2.61 bits per heavy atom. The largest absolute Gasteiger partial charge is 0.377 e. The second kappa shape index (κ2) is 8.60. The molecule has 4 rings (SSSR count). The lowest BCUT2D eigenvalue weighted by atomic mass is 10.0. The molecule has 1 N–H and O–H groups in total. The maximum absolute atomic E-state index is 12.8. The first-order valence-electron chi connectivity index (χ1n) is 10.1. The number of rotatable bonds is 5. The first-order valence-corrected chi connectivity index (χ1v) is 11.6. The van der Waals surface area contributed by atoms with Crippen LogP contribution in [0.5, 0.6) is 0 Å². The van der Waals surface area contributed by atoms with Crippen molar-refractivity contribution in [3.05, 3.63) is 60.3 Å². The van der Waals surface area contributed by atoms with Gasteiger partial charge in [-0.3, -0.25) is 9.71 Å². The van der Waals surface area contributed by atoms with E-state index in [2.05, 4.69) is 31.5 Å². The summed E-state index contributed by atoms with van der Waals surface area (Å²) in [6.45, 7) is 7.74. The van der Waals surface area contributed by atoms with Crippen molar-refractivity contribution in [3.63, 3.8) is 0 Å². The van der Waals surface area contributed by atoms with Gasteiger partial charge >= 0.3 is 0 Å². The van der Waals surface area contributed by atoms with Crippen LogP contribution < -0.4 is 9.62 Å². The number of morpholine rings is 1. The van der Waals surface area contributed by atoms with E-state index in [-0.39, 0.29) is 10.9 Å². The van der Waals surface area contributed by atoms with Gasteiger partial charge < -0.3 is 9.64 Å². The number of nitrogens with zero attached hydrogens (tertiary/aromatic N) is 4. The molecule has 1 saturated heterocycles. The van der Waals surface area contributed by atoms with Crippen LogP contribution in [-0.2, 0) is 14.8 Å². The fourth-order valence-corrected chi connectivity index (χ4v) is 4.76. The highest BCUT2D eigenvalue weighted by Crippen LogP contribution is 2.34. The molecule has 1 aliphatic rings.